The minimum atomic E-state index is -1.06. The van der Waals surface area contributed by atoms with E-state index in [1.165, 1.54) is 6.08 Å². The minimum Gasteiger partial charge on any atom is -0.478 e. The van der Waals surface area contributed by atoms with Crippen molar-refractivity contribution in [3.63, 3.8) is 0 Å². The van der Waals surface area contributed by atoms with Gasteiger partial charge in [0.25, 0.3) is 5.91 Å². The van der Waals surface area contributed by atoms with Gasteiger partial charge in [0.1, 0.15) is 0 Å². The lowest BCUT2D eigenvalue weighted by Crippen LogP contribution is -2.13. The van der Waals surface area contributed by atoms with Gasteiger partial charge in [-0.05, 0) is 67.4 Å². The molecule has 0 bridgehead atoms. The first kappa shape index (κ1) is 26.1. The van der Waals surface area contributed by atoms with Crippen LogP contribution in [-0.4, -0.2) is 36.5 Å². The number of carboxylic acid groups (broad SMARTS) is 1. The first-order chi connectivity index (χ1) is 19.3. The van der Waals surface area contributed by atoms with Crippen molar-refractivity contribution >= 4 is 35.3 Å². The number of carbonyl (C=O) groups is 2. The van der Waals surface area contributed by atoms with Gasteiger partial charge in [-0.2, -0.15) is 0 Å². The van der Waals surface area contributed by atoms with Crippen LogP contribution in [0.15, 0.2) is 97.6 Å². The molecule has 0 saturated carbocycles. The zero-order chi connectivity index (χ0) is 28.1. The molecular weight excluding hydrogens is 504 g/mol. The van der Waals surface area contributed by atoms with Gasteiger partial charge in [0.2, 0.25) is 5.95 Å². The fourth-order valence-corrected chi connectivity index (χ4v) is 4.09. The van der Waals surface area contributed by atoms with Crippen LogP contribution in [0.4, 0.5) is 17.3 Å². The third kappa shape index (κ3) is 6.28. The zero-order valence-corrected chi connectivity index (χ0v) is 21.9. The number of anilines is 3. The van der Waals surface area contributed by atoms with E-state index in [0.29, 0.717) is 28.5 Å². The molecular formula is C31H26N6O3. The standard InChI is InChI=1S/C31H26N6O3/c1-20-8-10-24(16-28(20)36-31-32-13-12-27(35-31)23-6-4-3-5-7-23)30(40)34-25-14-22(9-11-29(38)39)15-26(17-25)37-18-21(2)33-19-37/h3-19H,1-2H3,(H,34,40)(H,38,39)(H,32,35,36)/b11-9+. The number of hydrogen-bond acceptors (Lipinski definition) is 6. The Kier molecular flexibility index (Phi) is 7.45. The summed E-state index contributed by atoms with van der Waals surface area (Å²) in [6.07, 6.45) is 7.72. The number of nitrogens with zero attached hydrogens (tertiary/aromatic N) is 4. The molecule has 0 aliphatic heterocycles. The number of carbonyl (C=O) groups excluding carboxylic acids is 1. The Bertz CT molecular complexity index is 1730. The number of carboxylic acids is 1. The van der Waals surface area contributed by atoms with Crippen LogP contribution in [-0.2, 0) is 4.79 Å². The topological polar surface area (TPSA) is 122 Å². The van der Waals surface area contributed by atoms with Gasteiger partial charge in [-0.3, -0.25) is 4.79 Å². The molecule has 3 N–H and O–H groups in total. The van der Waals surface area contributed by atoms with Gasteiger partial charge in [0.15, 0.2) is 0 Å². The molecule has 2 aromatic heterocycles. The number of nitrogens with one attached hydrogen (secondary N) is 2. The molecule has 0 unspecified atom stereocenters. The molecule has 198 valence electrons. The Morgan fingerprint density at radius 2 is 1.77 bits per heavy atom. The predicted molar refractivity (Wildman–Crippen MR) is 155 cm³/mol. The Balaban J connectivity index is 1.40. The second-order valence-corrected chi connectivity index (χ2v) is 9.15. The maximum absolute atomic E-state index is 13.3. The van der Waals surface area contributed by atoms with Crippen molar-refractivity contribution in [2.24, 2.45) is 0 Å². The van der Waals surface area contributed by atoms with Gasteiger partial charge < -0.3 is 20.3 Å². The van der Waals surface area contributed by atoms with E-state index in [-0.39, 0.29) is 5.91 Å². The molecule has 5 aromatic rings. The average Bonchev–Trinajstić information content (AvgIpc) is 3.40. The molecule has 40 heavy (non-hydrogen) atoms. The summed E-state index contributed by atoms with van der Waals surface area (Å²) in [5.74, 6) is -0.971. The molecule has 9 heteroatoms. The van der Waals surface area contributed by atoms with E-state index in [0.717, 1.165) is 34.3 Å². The van der Waals surface area contributed by atoms with Crippen LogP contribution in [0.5, 0.6) is 0 Å². The highest BCUT2D eigenvalue weighted by atomic mass is 16.4. The number of aromatic nitrogens is 4. The summed E-state index contributed by atoms with van der Waals surface area (Å²) in [6, 6.07) is 22.3. The summed E-state index contributed by atoms with van der Waals surface area (Å²) in [5.41, 5.74) is 6.48. The second kappa shape index (κ2) is 11.4. The van der Waals surface area contributed by atoms with Gasteiger partial charge >= 0.3 is 5.97 Å². The highest BCUT2D eigenvalue weighted by molar-refractivity contribution is 6.05. The van der Waals surface area contributed by atoms with Gasteiger partial charge in [-0.15, -0.1) is 0 Å². The molecule has 2 heterocycles. The highest BCUT2D eigenvalue weighted by Gasteiger charge is 2.12. The summed E-state index contributed by atoms with van der Waals surface area (Å²) < 4.78 is 1.81. The van der Waals surface area contributed by atoms with E-state index in [4.69, 9.17) is 5.11 Å². The van der Waals surface area contributed by atoms with Crippen LogP contribution in [0, 0.1) is 13.8 Å². The van der Waals surface area contributed by atoms with Gasteiger partial charge in [0.05, 0.1) is 17.7 Å². The lowest BCUT2D eigenvalue weighted by atomic mass is 10.1. The maximum atomic E-state index is 13.3. The van der Waals surface area contributed by atoms with E-state index in [2.05, 4.69) is 25.6 Å². The Labute approximate surface area is 230 Å². The number of benzene rings is 3. The number of amides is 1. The predicted octanol–water partition coefficient (Wildman–Crippen LogP) is 6.04. The molecule has 1 amide bonds. The highest BCUT2D eigenvalue weighted by Crippen LogP contribution is 2.24. The fraction of sp³-hybridized carbons (Fsp3) is 0.0645. The minimum absolute atomic E-state index is 0.325. The Morgan fingerprint density at radius 1 is 0.950 bits per heavy atom. The lowest BCUT2D eigenvalue weighted by molar-refractivity contribution is -0.131. The molecule has 0 fully saturated rings. The number of hydrogen-bond donors (Lipinski definition) is 3. The molecule has 0 atom stereocenters. The molecule has 9 nitrogen and oxygen atoms in total. The quantitative estimate of drug-likeness (QED) is 0.209. The van der Waals surface area contributed by atoms with Crippen LogP contribution in [0.1, 0.15) is 27.2 Å². The van der Waals surface area contributed by atoms with Crippen molar-refractivity contribution in [1.29, 1.82) is 0 Å². The van der Waals surface area contributed by atoms with Gasteiger partial charge in [-0.25, -0.2) is 19.7 Å². The van der Waals surface area contributed by atoms with Crippen molar-refractivity contribution in [3.05, 3.63) is 120 Å². The number of aryl methyl sites for hydroxylation is 2. The summed E-state index contributed by atoms with van der Waals surface area (Å²) in [7, 11) is 0. The van der Waals surface area contributed by atoms with Crippen LogP contribution in [0.2, 0.25) is 0 Å². The molecule has 0 radical (unpaired) electrons. The number of rotatable bonds is 8. The van der Waals surface area contributed by atoms with E-state index < -0.39 is 5.97 Å². The van der Waals surface area contributed by atoms with E-state index in [1.54, 1.807) is 41.4 Å². The number of aliphatic carboxylic acids is 1. The monoisotopic (exact) mass is 530 g/mol. The lowest BCUT2D eigenvalue weighted by Gasteiger charge is -2.13. The second-order valence-electron chi connectivity index (χ2n) is 9.15. The molecule has 0 saturated heterocycles. The maximum Gasteiger partial charge on any atom is 0.328 e. The van der Waals surface area contributed by atoms with E-state index in [1.807, 2.05) is 68.6 Å². The van der Waals surface area contributed by atoms with Crippen LogP contribution in [0.3, 0.4) is 0 Å². The first-order valence-corrected chi connectivity index (χ1v) is 12.5. The summed E-state index contributed by atoms with van der Waals surface area (Å²) in [5, 5.41) is 15.2. The van der Waals surface area contributed by atoms with E-state index >= 15 is 0 Å². The van der Waals surface area contributed by atoms with Crippen LogP contribution >= 0.6 is 0 Å². The Morgan fingerprint density at radius 3 is 2.52 bits per heavy atom. The molecule has 0 aliphatic carbocycles. The Hall–Kier alpha value is -5.57. The largest absolute Gasteiger partial charge is 0.478 e. The SMILES string of the molecule is Cc1cn(-c2cc(/C=C/C(=O)O)cc(NC(=O)c3ccc(C)c(Nc4nccc(-c5ccccc5)n4)c3)c2)cn1. The summed E-state index contributed by atoms with van der Waals surface area (Å²) >= 11 is 0. The van der Waals surface area contributed by atoms with Gasteiger partial charge in [0, 0.05) is 46.7 Å². The molecule has 0 spiro atoms. The molecule has 3 aromatic carbocycles. The van der Waals surface area contributed by atoms with Crippen molar-refractivity contribution in [2.75, 3.05) is 10.6 Å². The zero-order valence-electron chi connectivity index (χ0n) is 21.9. The fourth-order valence-electron chi connectivity index (χ4n) is 4.09. The van der Waals surface area contributed by atoms with Crippen molar-refractivity contribution < 1.29 is 14.7 Å². The third-order valence-corrected chi connectivity index (χ3v) is 6.10. The van der Waals surface area contributed by atoms with Crippen molar-refractivity contribution in [2.45, 2.75) is 13.8 Å². The van der Waals surface area contributed by atoms with Crippen molar-refractivity contribution in [3.8, 4) is 16.9 Å². The third-order valence-electron chi connectivity index (χ3n) is 6.10. The van der Waals surface area contributed by atoms with Crippen LogP contribution < -0.4 is 10.6 Å². The molecule has 5 rings (SSSR count). The van der Waals surface area contributed by atoms with Gasteiger partial charge in [-0.1, -0.05) is 36.4 Å². The van der Waals surface area contributed by atoms with Crippen molar-refractivity contribution in [1.82, 2.24) is 19.5 Å². The summed E-state index contributed by atoms with van der Waals surface area (Å²) in [4.78, 5) is 37.6. The number of imidazole rings is 1. The average molecular weight is 531 g/mol. The molecule has 0 aliphatic rings. The normalized spacial score (nSPS) is 10.9. The summed E-state index contributed by atoms with van der Waals surface area (Å²) in [6.45, 7) is 3.81. The van der Waals surface area contributed by atoms with E-state index in [9.17, 15) is 9.59 Å². The smallest absolute Gasteiger partial charge is 0.328 e. The first-order valence-electron chi connectivity index (χ1n) is 12.5. The van der Waals surface area contributed by atoms with Crippen LogP contribution in [0.25, 0.3) is 23.0 Å².